The van der Waals surface area contributed by atoms with Crippen LogP contribution in [0.3, 0.4) is 0 Å². The maximum atomic E-state index is 5.93. The predicted octanol–water partition coefficient (Wildman–Crippen LogP) is 2.60. The van der Waals surface area contributed by atoms with Crippen LogP contribution < -0.4 is 15.5 Å². The summed E-state index contributed by atoms with van der Waals surface area (Å²) < 4.78 is 11.3. The molecule has 2 aliphatic rings. The van der Waals surface area contributed by atoms with E-state index >= 15 is 0 Å². The smallest absolute Gasteiger partial charge is 0.229 e. The molecular weight excluding hydrogens is 432 g/mol. The Labute approximate surface area is 197 Å². The third kappa shape index (κ3) is 3.59. The fourth-order valence-corrected chi connectivity index (χ4v) is 4.76. The Hall–Kier alpha value is -3.50. The van der Waals surface area contributed by atoms with E-state index in [2.05, 4.69) is 39.9 Å². The third-order valence-electron chi connectivity index (χ3n) is 6.68. The minimum absolute atomic E-state index is 0.192. The van der Waals surface area contributed by atoms with Crippen molar-refractivity contribution >= 4 is 39.5 Å². The third-order valence-corrected chi connectivity index (χ3v) is 6.68. The number of fused-ring (bicyclic) bond motifs is 2. The molecule has 2 saturated heterocycles. The van der Waals surface area contributed by atoms with E-state index in [0.29, 0.717) is 43.8 Å². The van der Waals surface area contributed by atoms with E-state index in [4.69, 9.17) is 30.2 Å². The zero-order valence-corrected chi connectivity index (χ0v) is 19.4. The average molecular weight is 461 g/mol. The lowest BCUT2D eigenvalue weighted by atomic mass is 10.1. The summed E-state index contributed by atoms with van der Waals surface area (Å²) in [5, 5.41) is 8.93. The molecule has 0 amide bonds. The average Bonchev–Trinajstić information content (AvgIpc) is 3.23. The Bertz CT molecular complexity index is 1360. The lowest BCUT2D eigenvalue weighted by Gasteiger charge is -2.37. The number of rotatable bonds is 3. The minimum atomic E-state index is 0.192. The standard InChI is InChI=1S/C24H28N8O2/c1-14-12-33-9-7-31(14)23-18-5-6-19(16-3-4-17-20(11-16)29-30-21(17)25)26-22(18)27-24(28-23)32-8-10-34-13-15(32)2/h3-6,11,14-15H,7-10,12-13H2,1-2H3,(H3,25,29,30)/t14-,15-/m0/s1. The summed E-state index contributed by atoms with van der Waals surface area (Å²) in [6.07, 6.45) is 0. The highest BCUT2D eigenvalue weighted by atomic mass is 16.5. The normalized spacial score (nSPS) is 21.5. The number of hydrogen-bond acceptors (Lipinski definition) is 9. The molecule has 3 N–H and O–H groups in total. The molecule has 6 rings (SSSR count). The van der Waals surface area contributed by atoms with E-state index in [1.54, 1.807) is 0 Å². The first-order valence-electron chi connectivity index (χ1n) is 11.7. The zero-order chi connectivity index (χ0) is 23.2. The SMILES string of the molecule is C[C@H]1COCCN1c1nc(N2CCOC[C@@H]2C)c2ccc(-c3ccc4c(N)n[nH]c4c3)nc2n1. The fraction of sp³-hybridized carbons (Fsp3) is 0.417. The van der Waals surface area contributed by atoms with Crippen LogP contribution in [0.5, 0.6) is 0 Å². The molecular formula is C24H28N8O2. The van der Waals surface area contributed by atoms with Crippen molar-refractivity contribution in [3.8, 4) is 11.3 Å². The topological polar surface area (TPSA) is 118 Å². The van der Waals surface area contributed by atoms with Crippen LogP contribution in [0.25, 0.3) is 33.2 Å². The molecule has 5 heterocycles. The van der Waals surface area contributed by atoms with Crippen molar-refractivity contribution < 1.29 is 9.47 Å². The number of ether oxygens (including phenoxy) is 2. The summed E-state index contributed by atoms with van der Waals surface area (Å²) in [4.78, 5) is 19.5. The summed E-state index contributed by atoms with van der Waals surface area (Å²) in [7, 11) is 0. The van der Waals surface area contributed by atoms with Crippen LogP contribution in [-0.4, -0.2) is 76.8 Å². The van der Waals surface area contributed by atoms with Crippen LogP contribution in [0.1, 0.15) is 13.8 Å². The lowest BCUT2D eigenvalue weighted by molar-refractivity contribution is 0.0973. The van der Waals surface area contributed by atoms with Gasteiger partial charge in [0.1, 0.15) is 5.82 Å². The fourth-order valence-electron chi connectivity index (χ4n) is 4.76. The number of nitrogens with zero attached hydrogens (tertiary/aromatic N) is 6. The van der Waals surface area contributed by atoms with Gasteiger partial charge in [0, 0.05) is 24.0 Å². The summed E-state index contributed by atoms with van der Waals surface area (Å²) in [5.41, 5.74) is 9.30. The quantitative estimate of drug-likeness (QED) is 0.475. The van der Waals surface area contributed by atoms with Crippen molar-refractivity contribution in [3.05, 3.63) is 30.3 Å². The number of nitrogens with two attached hydrogens (primary N) is 1. The molecule has 0 aliphatic carbocycles. The maximum absolute atomic E-state index is 5.93. The Morgan fingerprint density at radius 1 is 0.912 bits per heavy atom. The van der Waals surface area contributed by atoms with Crippen molar-refractivity contribution in [3.63, 3.8) is 0 Å². The van der Waals surface area contributed by atoms with Crippen LogP contribution >= 0.6 is 0 Å². The van der Waals surface area contributed by atoms with Gasteiger partial charge in [-0.3, -0.25) is 5.10 Å². The first-order chi connectivity index (χ1) is 16.6. The largest absolute Gasteiger partial charge is 0.382 e. The van der Waals surface area contributed by atoms with Crippen LogP contribution in [0.4, 0.5) is 17.6 Å². The molecule has 1 aromatic carbocycles. The van der Waals surface area contributed by atoms with E-state index in [9.17, 15) is 0 Å². The molecule has 2 atom stereocenters. The van der Waals surface area contributed by atoms with E-state index in [-0.39, 0.29) is 12.1 Å². The predicted molar refractivity (Wildman–Crippen MR) is 132 cm³/mol. The Morgan fingerprint density at radius 2 is 1.65 bits per heavy atom. The van der Waals surface area contributed by atoms with Crippen LogP contribution in [0.2, 0.25) is 0 Å². The van der Waals surface area contributed by atoms with Crippen molar-refractivity contribution in [1.82, 2.24) is 25.1 Å². The molecule has 34 heavy (non-hydrogen) atoms. The van der Waals surface area contributed by atoms with Gasteiger partial charge in [-0.1, -0.05) is 6.07 Å². The molecule has 10 heteroatoms. The molecule has 4 aromatic rings. The van der Waals surface area contributed by atoms with E-state index in [1.807, 2.05) is 24.3 Å². The van der Waals surface area contributed by atoms with Crippen LogP contribution in [0.15, 0.2) is 30.3 Å². The Kier molecular flexibility index (Phi) is 5.19. The van der Waals surface area contributed by atoms with Crippen LogP contribution in [0, 0.1) is 0 Å². The van der Waals surface area contributed by atoms with Gasteiger partial charge in [0.2, 0.25) is 5.95 Å². The van der Waals surface area contributed by atoms with E-state index in [1.165, 1.54) is 0 Å². The zero-order valence-electron chi connectivity index (χ0n) is 19.4. The Morgan fingerprint density at radius 3 is 2.41 bits per heavy atom. The monoisotopic (exact) mass is 460 g/mol. The van der Waals surface area contributed by atoms with Gasteiger partial charge in [-0.05, 0) is 38.1 Å². The first kappa shape index (κ1) is 21.1. The van der Waals surface area contributed by atoms with E-state index < -0.39 is 0 Å². The molecule has 0 saturated carbocycles. The molecule has 0 bridgehead atoms. The molecule has 0 radical (unpaired) electrons. The van der Waals surface area contributed by atoms with E-state index in [0.717, 1.165) is 46.5 Å². The number of nitrogen functional groups attached to an aromatic ring is 1. The number of hydrogen-bond donors (Lipinski definition) is 2. The van der Waals surface area contributed by atoms with Crippen LogP contribution in [-0.2, 0) is 9.47 Å². The van der Waals surface area contributed by atoms with Gasteiger partial charge in [0.05, 0.1) is 55.1 Å². The van der Waals surface area contributed by atoms with Crippen molar-refractivity contribution in [2.45, 2.75) is 25.9 Å². The molecule has 3 aromatic heterocycles. The Balaban J connectivity index is 1.49. The summed E-state index contributed by atoms with van der Waals surface area (Å²) >= 11 is 0. The van der Waals surface area contributed by atoms with Crippen molar-refractivity contribution in [2.24, 2.45) is 0 Å². The number of H-pyrrole nitrogens is 1. The number of benzene rings is 1. The highest BCUT2D eigenvalue weighted by molar-refractivity contribution is 5.93. The van der Waals surface area contributed by atoms with Gasteiger partial charge in [-0.25, -0.2) is 4.98 Å². The summed E-state index contributed by atoms with van der Waals surface area (Å²) in [6.45, 7) is 8.51. The molecule has 0 spiro atoms. The number of nitrogens with one attached hydrogen (secondary N) is 1. The summed E-state index contributed by atoms with van der Waals surface area (Å²) in [6, 6.07) is 10.5. The second-order valence-corrected chi connectivity index (χ2v) is 9.02. The first-order valence-corrected chi connectivity index (χ1v) is 11.7. The summed E-state index contributed by atoms with van der Waals surface area (Å²) in [5.74, 6) is 2.10. The van der Waals surface area contributed by atoms with Gasteiger partial charge in [0.15, 0.2) is 11.5 Å². The minimum Gasteiger partial charge on any atom is -0.382 e. The van der Waals surface area contributed by atoms with Crippen molar-refractivity contribution in [1.29, 1.82) is 0 Å². The van der Waals surface area contributed by atoms with Gasteiger partial charge in [-0.15, -0.1) is 0 Å². The number of anilines is 3. The van der Waals surface area contributed by atoms with Gasteiger partial charge in [0.25, 0.3) is 0 Å². The van der Waals surface area contributed by atoms with Gasteiger partial charge < -0.3 is 25.0 Å². The molecule has 176 valence electrons. The number of morpholine rings is 2. The molecule has 2 aliphatic heterocycles. The number of aromatic amines is 1. The molecule has 2 fully saturated rings. The highest BCUT2D eigenvalue weighted by Crippen LogP contribution is 2.32. The lowest BCUT2D eigenvalue weighted by Crippen LogP contribution is -2.46. The van der Waals surface area contributed by atoms with Gasteiger partial charge >= 0.3 is 0 Å². The number of aromatic nitrogens is 5. The number of pyridine rings is 1. The van der Waals surface area contributed by atoms with Gasteiger partial charge in [-0.2, -0.15) is 15.1 Å². The second-order valence-electron chi connectivity index (χ2n) is 9.02. The molecule has 10 nitrogen and oxygen atoms in total. The second kappa shape index (κ2) is 8.37. The molecule has 0 unspecified atom stereocenters. The maximum Gasteiger partial charge on any atom is 0.229 e. The highest BCUT2D eigenvalue weighted by Gasteiger charge is 2.27. The van der Waals surface area contributed by atoms with Crippen molar-refractivity contribution in [2.75, 3.05) is 55.1 Å².